The number of hydrogen-bond acceptors (Lipinski definition) is 6. The van der Waals surface area contributed by atoms with Gasteiger partial charge in [0.15, 0.2) is 5.58 Å². The summed E-state index contributed by atoms with van der Waals surface area (Å²) in [6, 6.07) is 8.99. The van der Waals surface area contributed by atoms with Gasteiger partial charge >= 0.3 is 0 Å². The van der Waals surface area contributed by atoms with Crippen molar-refractivity contribution in [1.29, 1.82) is 0 Å². The van der Waals surface area contributed by atoms with Gasteiger partial charge in [0.1, 0.15) is 5.52 Å². The molecular formula is C20H27N5O3. The fourth-order valence-electron chi connectivity index (χ4n) is 4.29. The summed E-state index contributed by atoms with van der Waals surface area (Å²) in [7, 11) is 0. The number of carbonyl (C=O) groups is 2. The lowest BCUT2D eigenvalue weighted by atomic mass is 9.93. The number of nitrogens with zero attached hydrogens (tertiary/aromatic N) is 3. The first kappa shape index (κ1) is 18.7. The molecule has 8 heteroatoms. The van der Waals surface area contributed by atoms with E-state index in [1.54, 1.807) is 0 Å². The number of hydrogen-bond donors (Lipinski definition) is 2. The minimum absolute atomic E-state index is 0.0626. The molecule has 2 saturated heterocycles. The Kier molecular flexibility index (Phi) is 5.47. The number of amides is 2. The largest absolute Gasteiger partial charge is 0.423 e. The number of piperidine rings is 2. The molecule has 28 heavy (non-hydrogen) atoms. The maximum atomic E-state index is 12.3. The van der Waals surface area contributed by atoms with Crippen molar-refractivity contribution in [2.75, 3.05) is 37.6 Å². The number of primary amides is 1. The van der Waals surface area contributed by atoms with E-state index in [2.05, 4.69) is 20.1 Å². The van der Waals surface area contributed by atoms with Gasteiger partial charge in [-0.25, -0.2) is 0 Å². The smallest absolute Gasteiger partial charge is 0.298 e. The van der Waals surface area contributed by atoms with Crippen molar-refractivity contribution in [2.24, 2.45) is 11.7 Å². The molecule has 150 valence electrons. The van der Waals surface area contributed by atoms with E-state index in [0.29, 0.717) is 12.1 Å². The molecule has 3 N–H and O–H groups in total. The standard InChI is InChI=1S/C20H27N5O3/c21-18(26)12-22-19(27)14-4-3-9-25(13-14)15-7-10-24(11-8-15)20-23-16-5-1-2-6-17(16)28-20/h1-2,5-6,14-15H,3-4,7-13H2,(H2,21,26)(H,22,27)/t14-/m0/s1. The molecule has 2 fully saturated rings. The van der Waals surface area contributed by atoms with Gasteiger partial charge in [0.25, 0.3) is 6.01 Å². The SMILES string of the molecule is NC(=O)CNC(=O)[C@H]1CCCN(C2CCN(c3nc4ccccc4o3)CC2)C1. The van der Waals surface area contributed by atoms with E-state index in [9.17, 15) is 9.59 Å². The molecule has 2 amide bonds. The second kappa shape index (κ2) is 8.18. The van der Waals surface area contributed by atoms with Crippen LogP contribution >= 0.6 is 0 Å². The van der Waals surface area contributed by atoms with E-state index >= 15 is 0 Å². The quantitative estimate of drug-likeness (QED) is 0.799. The maximum Gasteiger partial charge on any atom is 0.298 e. The molecule has 2 aliphatic heterocycles. The van der Waals surface area contributed by atoms with Crippen LogP contribution < -0.4 is 16.0 Å². The normalized spacial score (nSPS) is 21.7. The summed E-state index contributed by atoms with van der Waals surface area (Å²) in [5.41, 5.74) is 6.83. The highest BCUT2D eigenvalue weighted by Gasteiger charge is 2.32. The second-order valence-corrected chi connectivity index (χ2v) is 7.70. The molecule has 1 aromatic heterocycles. The molecule has 0 spiro atoms. The zero-order valence-corrected chi connectivity index (χ0v) is 16.0. The van der Waals surface area contributed by atoms with Gasteiger partial charge in [-0.05, 0) is 44.4 Å². The third-order valence-corrected chi connectivity index (χ3v) is 5.79. The Balaban J connectivity index is 1.31. The fourth-order valence-corrected chi connectivity index (χ4v) is 4.29. The van der Waals surface area contributed by atoms with Crippen molar-refractivity contribution in [3.8, 4) is 0 Å². The number of nitrogens with one attached hydrogen (secondary N) is 1. The summed E-state index contributed by atoms with van der Waals surface area (Å²) in [5.74, 6) is -0.636. The van der Waals surface area contributed by atoms with E-state index < -0.39 is 5.91 Å². The van der Waals surface area contributed by atoms with Gasteiger partial charge < -0.3 is 20.4 Å². The van der Waals surface area contributed by atoms with Crippen LogP contribution in [0.15, 0.2) is 28.7 Å². The lowest BCUT2D eigenvalue weighted by Crippen LogP contribution is -2.51. The average molecular weight is 385 g/mol. The van der Waals surface area contributed by atoms with Crippen molar-refractivity contribution in [2.45, 2.75) is 31.7 Å². The summed E-state index contributed by atoms with van der Waals surface area (Å²) >= 11 is 0. The Hall–Kier alpha value is -2.61. The monoisotopic (exact) mass is 385 g/mol. The van der Waals surface area contributed by atoms with Crippen molar-refractivity contribution in [3.63, 3.8) is 0 Å². The number of benzene rings is 1. The Morgan fingerprint density at radius 2 is 1.96 bits per heavy atom. The van der Waals surface area contributed by atoms with Crippen molar-refractivity contribution < 1.29 is 14.0 Å². The van der Waals surface area contributed by atoms with Gasteiger partial charge in [0.05, 0.1) is 12.5 Å². The number of carbonyl (C=O) groups excluding carboxylic acids is 2. The molecule has 3 heterocycles. The molecule has 0 aliphatic carbocycles. The average Bonchev–Trinajstić information content (AvgIpc) is 3.16. The highest BCUT2D eigenvalue weighted by atomic mass is 16.4. The third-order valence-electron chi connectivity index (χ3n) is 5.79. The van der Waals surface area contributed by atoms with Gasteiger partial charge in [-0.2, -0.15) is 4.98 Å². The molecule has 2 aromatic rings. The number of aromatic nitrogens is 1. The number of anilines is 1. The van der Waals surface area contributed by atoms with Gasteiger partial charge in [0.2, 0.25) is 11.8 Å². The summed E-state index contributed by atoms with van der Waals surface area (Å²) in [5, 5.41) is 2.65. The first-order valence-electron chi connectivity index (χ1n) is 10.0. The Morgan fingerprint density at radius 1 is 1.18 bits per heavy atom. The summed E-state index contributed by atoms with van der Waals surface area (Å²) < 4.78 is 5.89. The zero-order valence-electron chi connectivity index (χ0n) is 16.0. The minimum Gasteiger partial charge on any atom is -0.423 e. The number of rotatable bonds is 5. The van der Waals surface area contributed by atoms with Crippen LogP contribution in [-0.4, -0.2) is 60.5 Å². The first-order chi connectivity index (χ1) is 13.6. The van der Waals surface area contributed by atoms with E-state index in [1.165, 1.54) is 0 Å². The van der Waals surface area contributed by atoms with Crippen LogP contribution in [0.1, 0.15) is 25.7 Å². The van der Waals surface area contributed by atoms with Gasteiger partial charge in [0, 0.05) is 25.7 Å². The van der Waals surface area contributed by atoms with E-state index in [4.69, 9.17) is 10.2 Å². The topological polar surface area (TPSA) is 105 Å². The summed E-state index contributed by atoms with van der Waals surface area (Å²) in [6.07, 6.45) is 3.91. The minimum atomic E-state index is -0.507. The molecule has 8 nitrogen and oxygen atoms in total. The number of nitrogens with two attached hydrogens (primary N) is 1. The fraction of sp³-hybridized carbons (Fsp3) is 0.550. The van der Waals surface area contributed by atoms with Crippen LogP contribution in [0.25, 0.3) is 11.1 Å². The lowest BCUT2D eigenvalue weighted by Gasteiger charge is -2.41. The van der Waals surface area contributed by atoms with Crippen molar-refractivity contribution in [1.82, 2.24) is 15.2 Å². The maximum absolute atomic E-state index is 12.3. The highest BCUT2D eigenvalue weighted by Crippen LogP contribution is 2.28. The molecule has 1 atom stereocenters. The molecule has 0 saturated carbocycles. The third kappa shape index (κ3) is 4.11. The number of fused-ring (bicyclic) bond motifs is 1. The van der Waals surface area contributed by atoms with E-state index in [1.807, 2.05) is 24.3 Å². The Labute approximate surface area is 164 Å². The predicted octanol–water partition coefficient (Wildman–Crippen LogP) is 1.11. The molecule has 4 rings (SSSR count). The number of likely N-dealkylation sites (tertiary alicyclic amines) is 1. The molecule has 0 bridgehead atoms. The Morgan fingerprint density at radius 3 is 2.71 bits per heavy atom. The summed E-state index contributed by atoms with van der Waals surface area (Å²) in [6.45, 7) is 3.47. The zero-order chi connectivity index (χ0) is 19.5. The van der Waals surface area contributed by atoms with Crippen LogP contribution in [0.2, 0.25) is 0 Å². The molecule has 2 aliphatic rings. The molecule has 1 aromatic carbocycles. The lowest BCUT2D eigenvalue weighted by molar-refractivity contribution is -0.129. The van der Waals surface area contributed by atoms with E-state index in [0.717, 1.165) is 63.0 Å². The molecule has 0 radical (unpaired) electrons. The first-order valence-corrected chi connectivity index (χ1v) is 10.0. The van der Waals surface area contributed by atoms with Gasteiger partial charge in [-0.15, -0.1) is 0 Å². The van der Waals surface area contributed by atoms with Gasteiger partial charge in [-0.3, -0.25) is 14.5 Å². The highest BCUT2D eigenvalue weighted by molar-refractivity contribution is 5.85. The van der Waals surface area contributed by atoms with Crippen molar-refractivity contribution >= 4 is 28.9 Å². The van der Waals surface area contributed by atoms with Gasteiger partial charge in [-0.1, -0.05) is 12.1 Å². The van der Waals surface area contributed by atoms with Crippen LogP contribution in [0.3, 0.4) is 0 Å². The number of para-hydroxylation sites is 2. The Bertz CT molecular complexity index is 810. The van der Waals surface area contributed by atoms with Crippen LogP contribution in [0.5, 0.6) is 0 Å². The van der Waals surface area contributed by atoms with Crippen LogP contribution in [0.4, 0.5) is 6.01 Å². The predicted molar refractivity (Wildman–Crippen MR) is 106 cm³/mol. The van der Waals surface area contributed by atoms with Crippen LogP contribution in [-0.2, 0) is 9.59 Å². The number of oxazole rings is 1. The van der Waals surface area contributed by atoms with Crippen molar-refractivity contribution in [3.05, 3.63) is 24.3 Å². The molecular weight excluding hydrogens is 358 g/mol. The van der Waals surface area contributed by atoms with Crippen LogP contribution in [0, 0.1) is 5.92 Å². The second-order valence-electron chi connectivity index (χ2n) is 7.70. The molecule has 0 unspecified atom stereocenters. The summed E-state index contributed by atoms with van der Waals surface area (Å²) in [4.78, 5) is 32.4. The van der Waals surface area contributed by atoms with E-state index in [-0.39, 0.29) is 18.4 Å².